The fourth-order valence-electron chi connectivity index (χ4n) is 1.17. The monoisotopic (exact) mass is 200 g/mol. The third kappa shape index (κ3) is 1.80. The maximum atomic E-state index is 11.9. The molecule has 0 amide bonds. The van der Waals surface area contributed by atoms with E-state index in [1.54, 1.807) is 12.1 Å². The van der Waals surface area contributed by atoms with Crippen LogP contribution in [0.2, 0.25) is 0 Å². The SMILES string of the molecule is Nc1ncccc1C(=O)c1ccncn1. The number of nitrogens with two attached hydrogens (primary N) is 1. The molecule has 5 nitrogen and oxygen atoms in total. The van der Waals surface area contributed by atoms with Crippen LogP contribution in [0, 0.1) is 0 Å². The molecule has 2 aromatic rings. The van der Waals surface area contributed by atoms with Crippen molar-refractivity contribution in [3.63, 3.8) is 0 Å². The Balaban J connectivity index is 2.42. The van der Waals surface area contributed by atoms with Crippen LogP contribution >= 0.6 is 0 Å². The molecule has 2 rings (SSSR count). The number of ketones is 1. The van der Waals surface area contributed by atoms with Crippen LogP contribution in [0.3, 0.4) is 0 Å². The highest BCUT2D eigenvalue weighted by atomic mass is 16.1. The van der Waals surface area contributed by atoms with Crippen molar-refractivity contribution in [3.8, 4) is 0 Å². The lowest BCUT2D eigenvalue weighted by Crippen LogP contribution is -2.08. The molecule has 0 spiro atoms. The van der Waals surface area contributed by atoms with Gasteiger partial charge in [0.25, 0.3) is 0 Å². The van der Waals surface area contributed by atoms with Crippen LogP contribution in [0.15, 0.2) is 36.9 Å². The first-order valence-corrected chi connectivity index (χ1v) is 4.30. The second kappa shape index (κ2) is 3.83. The molecule has 0 aliphatic rings. The van der Waals surface area contributed by atoms with Crippen LogP contribution in [-0.2, 0) is 0 Å². The van der Waals surface area contributed by atoms with Crippen LogP contribution in [-0.4, -0.2) is 20.7 Å². The second-order valence-corrected chi connectivity index (χ2v) is 2.86. The molecule has 74 valence electrons. The molecule has 0 fully saturated rings. The van der Waals surface area contributed by atoms with E-state index in [1.165, 1.54) is 24.8 Å². The number of carbonyl (C=O) groups is 1. The van der Waals surface area contributed by atoms with Crippen molar-refractivity contribution in [2.24, 2.45) is 0 Å². The van der Waals surface area contributed by atoms with E-state index in [0.717, 1.165) is 0 Å². The quantitative estimate of drug-likeness (QED) is 0.721. The second-order valence-electron chi connectivity index (χ2n) is 2.86. The largest absolute Gasteiger partial charge is 0.383 e. The van der Waals surface area contributed by atoms with E-state index in [9.17, 15) is 4.79 Å². The van der Waals surface area contributed by atoms with Gasteiger partial charge < -0.3 is 5.73 Å². The molecule has 0 unspecified atom stereocenters. The van der Waals surface area contributed by atoms with Gasteiger partial charge in [0.15, 0.2) is 0 Å². The topological polar surface area (TPSA) is 81.8 Å². The molecule has 2 N–H and O–H groups in total. The Morgan fingerprint density at radius 3 is 2.73 bits per heavy atom. The van der Waals surface area contributed by atoms with Gasteiger partial charge in [-0.1, -0.05) is 0 Å². The number of pyridine rings is 1. The normalized spacial score (nSPS) is 9.87. The Hall–Kier alpha value is -2.30. The zero-order valence-corrected chi connectivity index (χ0v) is 7.79. The standard InChI is InChI=1S/C10H8N4O/c11-10-7(2-1-4-13-10)9(15)8-3-5-12-6-14-8/h1-6H,(H2,11,13). The van der Waals surface area contributed by atoms with E-state index in [1.807, 2.05) is 0 Å². The zero-order chi connectivity index (χ0) is 10.7. The molecule has 0 saturated carbocycles. The Kier molecular flexibility index (Phi) is 2.37. The lowest BCUT2D eigenvalue weighted by molar-refractivity contribution is 0.103. The smallest absolute Gasteiger partial charge is 0.215 e. The summed E-state index contributed by atoms with van der Waals surface area (Å²) in [5.74, 6) is -0.0379. The first kappa shape index (κ1) is 9.26. The van der Waals surface area contributed by atoms with Crippen LogP contribution in [0.1, 0.15) is 16.1 Å². The highest BCUT2D eigenvalue weighted by Crippen LogP contribution is 2.11. The van der Waals surface area contributed by atoms with Gasteiger partial charge in [0.2, 0.25) is 5.78 Å². The van der Waals surface area contributed by atoms with Gasteiger partial charge in [-0.25, -0.2) is 15.0 Å². The molecule has 0 saturated heterocycles. The van der Waals surface area contributed by atoms with Gasteiger partial charge in [0.05, 0.1) is 5.56 Å². The van der Waals surface area contributed by atoms with Gasteiger partial charge in [-0.3, -0.25) is 4.79 Å². The van der Waals surface area contributed by atoms with Gasteiger partial charge in [-0.05, 0) is 18.2 Å². The van der Waals surface area contributed by atoms with Crippen molar-refractivity contribution in [2.75, 3.05) is 5.73 Å². The number of rotatable bonds is 2. The third-order valence-electron chi connectivity index (χ3n) is 1.90. The van der Waals surface area contributed by atoms with Crippen LogP contribution in [0.25, 0.3) is 0 Å². The van der Waals surface area contributed by atoms with E-state index in [0.29, 0.717) is 11.3 Å². The molecular formula is C10H8N4O. The first-order valence-electron chi connectivity index (χ1n) is 4.30. The molecule has 0 atom stereocenters. The average Bonchev–Trinajstić information content (AvgIpc) is 2.30. The summed E-state index contributed by atoms with van der Waals surface area (Å²) in [6, 6.07) is 4.81. The van der Waals surface area contributed by atoms with E-state index in [2.05, 4.69) is 15.0 Å². The van der Waals surface area contributed by atoms with Gasteiger partial charge >= 0.3 is 0 Å². The number of anilines is 1. The summed E-state index contributed by atoms with van der Waals surface area (Å²) >= 11 is 0. The summed E-state index contributed by atoms with van der Waals surface area (Å²) in [6.45, 7) is 0. The highest BCUT2D eigenvalue weighted by Gasteiger charge is 2.13. The molecule has 0 aliphatic heterocycles. The van der Waals surface area contributed by atoms with Gasteiger partial charge in [-0.2, -0.15) is 0 Å². The van der Waals surface area contributed by atoms with Crippen molar-refractivity contribution in [2.45, 2.75) is 0 Å². The van der Waals surface area contributed by atoms with Crippen LogP contribution in [0.5, 0.6) is 0 Å². The zero-order valence-electron chi connectivity index (χ0n) is 7.79. The molecule has 2 aromatic heterocycles. The van der Waals surface area contributed by atoms with Crippen LogP contribution in [0.4, 0.5) is 5.82 Å². The Morgan fingerprint density at radius 2 is 2.07 bits per heavy atom. The minimum atomic E-state index is -0.247. The summed E-state index contributed by atoms with van der Waals surface area (Å²) < 4.78 is 0. The number of aromatic nitrogens is 3. The van der Waals surface area contributed by atoms with Gasteiger partial charge in [-0.15, -0.1) is 0 Å². The number of carbonyl (C=O) groups excluding carboxylic acids is 1. The summed E-state index contributed by atoms with van der Waals surface area (Å²) in [4.78, 5) is 23.3. The molecule has 0 bridgehead atoms. The number of nitrogens with zero attached hydrogens (tertiary/aromatic N) is 3. The lowest BCUT2D eigenvalue weighted by Gasteiger charge is -2.01. The summed E-state index contributed by atoms with van der Waals surface area (Å²) in [6.07, 6.45) is 4.36. The molecule has 0 radical (unpaired) electrons. The molecule has 2 heterocycles. The Bertz CT molecular complexity index is 484. The van der Waals surface area contributed by atoms with Crippen molar-refractivity contribution in [1.82, 2.24) is 15.0 Å². The van der Waals surface area contributed by atoms with Gasteiger partial charge in [0, 0.05) is 12.4 Å². The fourth-order valence-corrected chi connectivity index (χ4v) is 1.17. The summed E-state index contributed by atoms with van der Waals surface area (Å²) in [5, 5.41) is 0. The van der Waals surface area contributed by atoms with Crippen molar-refractivity contribution in [3.05, 3.63) is 48.2 Å². The molecule has 5 heteroatoms. The minimum Gasteiger partial charge on any atom is -0.383 e. The molecule has 0 aliphatic carbocycles. The third-order valence-corrected chi connectivity index (χ3v) is 1.90. The highest BCUT2D eigenvalue weighted by molar-refractivity contribution is 6.10. The summed E-state index contributed by atoms with van der Waals surface area (Å²) in [7, 11) is 0. The maximum absolute atomic E-state index is 11.9. The average molecular weight is 200 g/mol. The predicted octanol–water partition coefficient (Wildman–Crippen LogP) is 0.685. The van der Waals surface area contributed by atoms with Crippen molar-refractivity contribution in [1.29, 1.82) is 0 Å². The molecule has 15 heavy (non-hydrogen) atoms. The van der Waals surface area contributed by atoms with E-state index in [4.69, 9.17) is 5.73 Å². The van der Waals surface area contributed by atoms with Gasteiger partial charge in [0.1, 0.15) is 17.8 Å². The van der Waals surface area contributed by atoms with E-state index < -0.39 is 0 Å². The number of nitrogen functional groups attached to an aromatic ring is 1. The maximum Gasteiger partial charge on any atom is 0.215 e. The Labute approximate surface area is 86.0 Å². The van der Waals surface area contributed by atoms with E-state index in [-0.39, 0.29) is 11.6 Å². The lowest BCUT2D eigenvalue weighted by atomic mass is 10.1. The Morgan fingerprint density at radius 1 is 1.20 bits per heavy atom. The molecular weight excluding hydrogens is 192 g/mol. The van der Waals surface area contributed by atoms with E-state index >= 15 is 0 Å². The number of hydrogen-bond acceptors (Lipinski definition) is 5. The first-order chi connectivity index (χ1) is 7.29. The predicted molar refractivity (Wildman–Crippen MR) is 54.1 cm³/mol. The van der Waals surface area contributed by atoms with Crippen molar-refractivity contribution >= 4 is 11.6 Å². The minimum absolute atomic E-state index is 0.209. The fraction of sp³-hybridized carbons (Fsp3) is 0. The van der Waals surface area contributed by atoms with Crippen LogP contribution < -0.4 is 5.73 Å². The number of hydrogen-bond donors (Lipinski definition) is 1. The summed E-state index contributed by atoms with van der Waals surface area (Å²) in [5.41, 5.74) is 6.25. The molecule has 0 aromatic carbocycles. The van der Waals surface area contributed by atoms with Crippen molar-refractivity contribution < 1.29 is 4.79 Å².